The van der Waals surface area contributed by atoms with E-state index in [1.807, 2.05) is 24.3 Å². The molecule has 0 bridgehead atoms. The van der Waals surface area contributed by atoms with E-state index < -0.39 is 0 Å². The van der Waals surface area contributed by atoms with Crippen LogP contribution in [0.1, 0.15) is 0 Å². The van der Waals surface area contributed by atoms with Crippen molar-refractivity contribution in [3.8, 4) is 11.6 Å². The molecular weight excluding hydrogens is 294 g/mol. The number of H-pyrrole nitrogens is 1. The maximum atomic E-state index is 11.3. The van der Waals surface area contributed by atoms with E-state index >= 15 is 0 Å². The minimum Gasteiger partial charge on any atom is -0.436 e. The van der Waals surface area contributed by atoms with Gasteiger partial charge in [-0.05, 0) is 12.1 Å². The smallest absolute Gasteiger partial charge is 0.268 e. The lowest BCUT2D eigenvalue weighted by molar-refractivity contribution is 0.472. The average Bonchev–Trinajstić information content (AvgIpc) is 2.57. The molecule has 0 atom stereocenters. The Kier molecular flexibility index (Phi) is 2.90. The Bertz CT molecular complexity index is 1090. The number of ether oxygens (including phenoxy) is 1. The summed E-state index contributed by atoms with van der Waals surface area (Å²) in [7, 11) is 0. The molecule has 0 aliphatic heterocycles. The number of nitrogens with zero attached hydrogens (tertiary/aromatic N) is 3. The molecule has 0 spiro atoms. The fourth-order valence-electron chi connectivity index (χ4n) is 2.41. The van der Waals surface area contributed by atoms with Gasteiger partial charge in [0.15, 0.2) is 11.2 Å². The Labute approximate surface area is 129 Å². The molecule has 0 saturated carbocycles. The summed E-state index contributed by atoms with van der Waals surface area (Å²) in [6, 6.07) is 11.2. The Balaban J connectivity index is 1.89. The molecule has 4 rings (SSSR count). The molecule has 7 nitrogen and oxygen atoms in total. The van der Waals surface area contributed by atoms with E-state index in [0.29, 0.717) is 22.6 Å². The van der Waals surface area contributed by atoms with Crippen LogP contribution < -0.4 is 16.0 Å². The van der Waals surface area contributed by atoms with Crippen molar-refractivity contribution in [1.29, 1.82) is 0 Å². The van der Waals surface area contributed by atoms with Gasteiger partial charge in [-0.1, -0.05) is 24.3 Å². The van der Waals surface area contributed by atoms with Crippen LogP contribution >= 0.6 is 0 Å². The monoisotopic (exact) mass is 305 g/mol. The number of benzene rings is 2. The average molecular weight is 305 g/mol. The first-order valence-electron chi connectivity index (χ1n) is 6.87. The zero-order chi connectivity index (χ0) is 15.8. The number of nitrogens with one attached hydrogen (secondary N) is 1. The number of rotatable bonds is 2. The van der Waals surface area contributed by atoms with Gasteiger partial charge in [0.1, 0.15) is 12.1 Å². The van der Waals surface area contributed by atoms with Crippen LogP contribution in [0.15, 0.2) is 53.7 Å². The van der Waals surface area contributed by atoms with Crippen LogP contribution in [0.2, 0.25) is 0 Å². The van der Waals surface area contributed by atoms with E-state index in [1.54, 1.807) is 12.1 Å². The highest BCUT2D eigenvalue weighted by Crippen LogP contribution is 2.33. The van der Waals surface area contributed by atoms with E-state index in [1.165, 1.54) is 12.5 Å². The van der Waals surface area contributed by atoms with Gasteiger partial charge in [0.2, 0.25) is 0 Å². The lowest BCUT2D eigenvalue weighted by Gasteiger charge is -2.10. The molecule has 0 amide bonds. The predicted octanol–water partition coefficient (Wildman–Crippen LogP) is 2.24. The lowest BCUT2D eigenvalue weighted by atomic mass is 10.1. The van der Waals surface area contributed by atoms with Crippen molar-refractivity contribution in [1.82, 2.24) is 19.9 Å². The highest BCUT2D eigenvalue weighted by Gasteiger charge is 2.11. The minimum absolute atomic E-state index is 0.265. The van der Waals surface area contributed by atoms with Gasteiger partial charge < -0.3 is 15.5 Å². The number of anilines is 1. The number of fused-ring (bicyclic) bond motifs is 2. The molecular formula is C16H11N5O2. The first kappa shape index (κ1) is 13.2. The number of hydrogen-bond acceptors (Lipinski definition) is 6. The van der Waals surface area contributed by atoms with E-state index in [0.717, 1.165) is 10.8 Å². The van der Waals surface area contributed by atoms with Crippen LogP contribution in [0.3, 0.4) is 0 Å². The number of nitrogen functional groups attached to an aromatic ring is 1. The first-order valence-corrected chi connectivity index (χ1v) is 6.87. The summed E-state index contributed by atoms with van der Waals surface area (Å²) in [4.78, 5) is 26.1. The molecule has 2 aromatic heterocycles. The second-order valence-corrected chi connectivity index (χ2v) is 4.92. The van der Waals surface area contributed by atoms with Crippen molar-refractivity contribution >= 4 is 27.6 Å². The second kappa shape index (κ2) is 5.06. The number of aromatic amines is 1. The molecule has 0 saturated heterocycles. The maximum absolute atomic E-state index is 11.3. The summed E-state index contributed by atoms with van der Waals surface area (Å²) in [5.41, 5.74) is 7.03. The summed E-state index contributed by atoms with van der Waals surface area (Å²) in [6.45, 7) is 0. The zero-order valence-corrected chi connectivity index (χ0v) is 11.9. The van der Waals surface area contributed by atoms with E-state index in [9.17, 15) is 4.79 Å². The standard InChI is InChI=1S/C16H11N5O2/c17-11-5-6-12(10-4-2-1-3-9(10)11)23-16-14-15(19-8-20-16)21-13(22)7-18-14/h1-8H,17H2,(H,19,20,21,22). The Hall–Kier alpha value is -3.48. The van der Waals surface area contributed by atoms with Gasteiger partial charge in [0.25, 0.3) is 11.4 Å². The zero-order valence-electron chi connectivity index (χ0n) is 11.9. The molecule has 0 aliphatic rings. The topological polar surface area (TPSA) is 107 Å². The van der Waals surface area contributed by atoms with Crippen LogP contribution in [0, 0.1) is 0 Å². The van der Waals surface area contributed by atoms with Gasteiger partial charge >= 0.3 is 0 Å². The minimum atomic E-state index is -0.333. The third-order valence-electron chi connectivity index (χ3n) is 3.47. The van der Waals surface area contributed by atoms with Gasteiger partial charge in [-0.3, -0.25) is 4.79 Å². The summed E-state index contributed by atoms with van der Waals surface area (Å²) < 4.78 is 5.91. The molecule has 0 radical (unpaired) electrons. The van der Waals surface area contributed by atoms with E-state index in [-0.39, 0.29) is 11.4 Å². The normalized spacial score (nSPS) is 11.0. The quantitative estimate of drug-likeness (QED) is 0.550. The van der Waals surface area contributed by atoms with Crippen LogP contribution in [0.5, 0.6) is 11.6 Å². The van der Waals surface area contributed by atoms with Crippen molar-refractivity contribution < 1.29 is 4.74 Å². The summed E-state index contributed by atoms with van der Waals surface area (Å²) in [6.07, 6.45) is 2.48. The van der Waals surface area contributed by atoms with E-state index in [2.05, 4.69) is 19.9 Å². The summed E-state index contributed by atoms with van der Waals surface area (Å²) in [5, 5.41) is 1.76. The Morgan fingerprint density at radius 2 is 1.83 bits per heavy atom. The molecule has 2 aromatic carbocycles. The third-order valence-corrected chi connectivity index (χ3v) is 3.47. The molecule has 0 unspecified atom stereocenters. The maximum Gasteiger partial charge on any atom is 0.268 e. The molecule has 0 fully saturated rings. The van der Waals surface area contributed by atoms with Crippen LogP contribution in [0.25, 0.3) is 21.9 Å². The van der Waals surface area contributed by atoms with Gasteiger partial charge in [-0.25, -0.2) is 9.97 Å². The third kappa shape index (κ3) is 2.24. The highest BCUT2D eigenvalue weighted by atomic mass is 16.5. The molecule has 112 valence electrons. The number of aromatic nitrogens is 4. The Morgan fingerprint density at radius 3 is 2.70 bits per heavy atom. The molecule has 0 aliphatic carbocycles. The number of hydrogen-bond donors (Lipinski definition) is 2. The molecule has 3 N–H and O–H groups in total. The summed E-state index contributed by atoms with van der Waals surface area (Å²) in [5.74, 6) is 0.865. The second-order valence-electron chi connectivity index (χ2n) is 4.92. The van der Waals surface area contributed by atoms with Crippen molar-refractivity contribution in [2.24, 2.45) is 0 Å². The first-order chi connectivity index (χ1) is 11.2. The fourth-order valence-corrected chi connectivity index (χ4v) is 2.41. The van der Waals surface area contributed by atoms with Crippen LogP contribution in [-0.2, 0) is 0 Å². The van der Waals surface area contributed by atoms with Crippen molar-refractivity contribution in [3.05, 3.63) is 59.3 Å². The largest absolute Gasteiger partial charge is 0.436 e. The SMILES string of the molecule is Nc1ccc(Oc2ncnc3[nH]c(=O)cnc23)c2ccccc12. The van der Waals surface area contributed by atoms with Crippen LogP contribution in [-0.4, -0.2) is 19.9 Å². The predicted molar refractivity (Wildman–Crippen MR) is 86.4 cm³/mol. The highest BCUT2D eigenvalue weighted by molar-refractivity contribution is 5.97. The van der Waals surface area contributed by atoms with Gasteiger partial charge in [0, 0.05) is 16.5 Å². The molecule has 2 heterocycles. The molecule has 23 heavy (non-hydrogen) atoms. The van der Waals surface area contributed by atoms with Gasteiger partial charge in [0.05, 0.1) is 6.20 Å². The lowest BCUT2D eigenvalue weighted by Crippen LogP contribution is -2.07. The molecule has 7 heteroatoms. The summed E-state index contributed by atoms with van der Waals surface area (Å²) >= 11 is 0. The Morgan fingerprint density at radius 1 is 1.00 bits per heavy atom. The fraction of sp³-hybridized carbons (Fsp3) is 0. The van der Waals surface area contributed by atoms with Gasteiger partial charge in [-0.2, -0.15) is 4.98 Å². The van der Waals surface area contributed by atoms with Crippen molar-refractivity contribution in [2.45, 2.75) is 0 Å². The number of nitrogens with two attached hydrogens (primary N) is 1. The molecule has 4 aromatic rings. The van der Waals surface area contributed by atoms with E-state index in [4.69, 9.17) is 10.5 Å². The van der Waals surface area contributed by atoms with Crippen molar-refractivity contribution in [3.63, 3.8) is 0 Å². The van der Waals surface area contributed by atoms with Gasteiger partial charge in [-0.15, -0.1) is 0 Å². The van der Waals surface area contributed by atoms with Crippen molar-refractivity contribution in [2.75, 3.05) is 5.73 Å². The van der Waals surface area contributed by atoms with Crippen LogP contribution in [0.4, 0.5) is 5.69 Å².